The Bertz CT molecular complexity index is 216. The normalized spacial score (nSPS) is 27.2. The molecule has 0 bridgehead atoms. The molecule has 0 heteroatoms. The van der Waals surface area contributed by atoms with E-state index >= 15 is 0 Å². The van der Waals surface area contributed by atoms with Gasteiger partial charge in [0, 0.05) is 0 Å². The maximum Gasteiger partial charge on any atom is -0.0241 e. The molecule has 0 saturated heterocycles. The second-order valence-electron chi connectivity index (χ2n) is 6.79. The lowest BCUT2D eigenvalue weighted by Gasteiger charge is -2.52. The van der Waals surface area contributed by atoms with Crippen LogP contribution in [-0.4, -0.2) is 0 Å². The van der Waals surface area contributed by atoms with Crippen LogP contribution in [0.2, 0.25) is 0 Å². The van der Waals surface area contributed by atoms with Gasteiger partial charge in [0.2, 0.25) is 0 Å². The van der Waals surface area contributed by atoms with E-state index in [4.69, 9.17) is 0 Å². The molecule has 0 N–H and O–H groups in total. The first kappa shape index (κ1) is 13.4. The molecule has 2 fully saturated rings. The van der Waals surface area contributed by atoms with Crippen LogP contribution in [0.3, 0.4) is 0 Å². The summed E-state index contributed by atoms with van der Waals surface area (Å²) in [5, 5.41) is 0. The number of hydrogen-bond acceptors (Lipinski definition) is 0. The standard InChI is InChI=1S/C17H32/c1-3-5-11-17(14-9-10-15-17)16(4-2)12-7-6-8-13-16/h3-15H2,1-2H3. The van der Waals surface area contributed by atoms with Crippen LogP contribution >= 0.6 is 0 Å². The Morgan fingerprint density at radius 2 is 1.24 bits per heavy atom. The Hall–Kier alpha value is 0. The molecule has 2 rings (SSSR count). The van der Waals surface area contributed by atoms with Gasteiger partial charge in [-0.1, -0.05) is 58.8 Å². The first-order valence-electron chi connectivity index (χ1n) is 8.29. The summed E-state index contributed by atoms with van der Waals surface area (Å²) in [5.41, 5.74) is 1.51. The second kappa shape index (κ2) is 5.76. The second-order valence-corrected chi connectivity index (χ2v) is 6.79. The number of hydrogen-bond donors (Lipinski definition) is 0. The van der Waals surface area contributed by atoms with Gasteiger partial charge in [-0.05, 0) is 49.4 Å². The van der Waals surface area contributed by atoms with E-state index in [0.29, 0.717) is 0 Å². The summed E-state index contributed by atoms with van der Waals surface area (Å²) in [5.74, 6) is 0. The maximum atomic E-state index is 2.48. The molecule has 0 aliphatic heterocycles. The van der Waals surface area contributed by atoms with Crippen molar-refractivity contribution in [3.05, 3.63) is 0 Å². The average Bonchev–Trinajstić information content (AvgIpc) is 2.87. The van der Waals surface area contributed by atoms with Gasteiger partial charge in [0.25, 0.3) is 0 Å². The fourth-order valence-electron chi connectivity index (χ4n) is 5.10. The molecule has 2 aliphatic carbocycles. The monoisotopic (exact) mass is 236 g/mol. The molecule has 2 saturated carbocycles. The van der Waals surface area contributed by atoms with Crippen LogP contribution < -0.4 is 0 Å². The first-order chi connectivity index (χ1) is 8.29. The molecule has 100 valence electrons. The zero-order valence-electron chi connectivity index (χ0n) is 12.2. The van der Waals surface area contributed by atoms with Crippen molar-refractivity contribution in [1.82, 2.24) is 0 Å². The molecule has 0 aromatic carbocycles. The molecule has 0 heterocycles. The molecule has 0 aromatic rings. The van der Waals surface area contributed by atoms with Crippen LogP contribution in [0.1, 0.15) is 97.3 Å². The zero-order chi connectivity index (χ0) is 12.2. The molecule has 0 radical (unpaired) electrons. The molecule has 0 nitrogen and oxygen atoms in total. The lowest BCUT2D eigenvalue weighted by molar-refractivity contribution is -0.0133. The van der Waals surface area contributed by atoms with Gasteiger partial charge in [0.1, 0.15) is 0 Å². The maximum absolute atomic E-state index is 2.48. The highest BCUT2D eigenvalue weighted by Gasteiger charge is 2.50. The van der Waals surface area contributed by atoms with Crippen molar-refractivity contribution in [3.63, 3.8) is 0 Å². The van der Waals surface area contributed by atoms with Crippen molar-refractivity contribution in [2.75, 3.05) is 0 Å². The van der Waals surface area contributed by atoms with Gasteiger partial charge in [-0.25, -0.2) is 0 Å². The minimum Gasteiger partial charge on any atom is -0.0654 e. The number of rotatable bonds is 5. The van der Waals surface area contributed by atoms with Gasteiger partial charge in [-0.3, -0.25) is 0 Å². The van der Waals surface area contributed by atoms with E-state index in [2.05, 4.69) is 13.8 Å². The Morgan fingerprint density at radius 1 is 0.706 bits per heavy atom. The predicted molar refractivity (Wildman–Crippen MR) is 76.2 cm³/mol. The summed E-state index contributed by atoms with van der Waals surface area (Å²) in [6.07, 6.45) is 19.6. The Labute approximate surface area is 109 Å². The van der Waals surface area contributed by atoms with Crippen molar-refractivity contribution in [2.24, 2.45) is 10.8 Å². The minimum absolute atomic E-state index is 0.747. The van der Waals surface area contributed by atoms with E-state index in [1.807, 2.05) is 0 Å². The van der Waals surface area contributed by atoms with Gasteiger partial charge in [0.05, 0.1) is 0 Å². The van der Waals surface area contributed by atoms with Crippen molar-refractivity contribution in [1.29, 1.82) is 0 Å². The highest BCUT2D eigenvalue weighted by atomic mass is 14.5. The molecule has 0 spiro atoms. The van der Waals surface area contributed by atoms with Crippen LogP contribution in [0.25, 0.3) is 0 Å². The summed E-state index contributed by atoms with van der Waals surface area (Å²) in [7, 11) is 0. The zero-order valence-corrected chi connectivity index (χ0v) is 12.2. The fraction of sp³-hybridized carbons (Fsp3) is 1.00. The Morgan fingerprint density at radius 3 is 1.76 bits per heavy atom. The van der Waals surface area contributed by atoms with Gasteiger partial charge < -0.3 is 0 Å². The van der Waals surface area contributed by atoms with Crippen LogP contribution in [0.4, 0.5) is 0 Å². The molecule has 2 aliphatic rings. The Balaban J connectivity index is 2.16. The lowest BCUT2D eigenvalue weighted by atomic mass is 9.53. The van der Waals surface area contributed by atoms with Gasteiger partial charge in [-0.15, -0.1) is 0 Å². The third-order valence-electron chi connectivity index (χ3n) is 6.18. The fourth-order valence-corrected chi connectivity index (χ4v) is 5.10. The molecule has 0 amide bonds. The SMILES string of the molecule is CCCCC1(C2(CC)CCCCC2)CCCC1. The minimum atomic E-state index is 0.747. The van der Waals surface area contributed by atoms with Gasteiger partial charge >= 0.3 is 0 Å². The summed E-state index contributed by atoms with van der Waals surface area (Å²) in [4.78, 5) is 0. The van der Waals surface area contributed by atoms with Crippen molar-refractivity contribution < 1.29 is 0 Å². The van der Waals surface area contributed by atoms with E-state index in [-0.39, 0.29) is 0 Å². The highest BCUT2D eigenvalue weighted by Crippen LogP contribution is 2.61. The molecular formula is C17H32. The van der Waals surface area contributed by atoms with Gasteiger partial charge in [0.15, 0.2) is 0 Å². The summed E-state index contributed by atoms with van der Waals surface area (Å²) in [6, 6.07) is 0. The van der Waals surface area contributed by atoms with Crippen LogP contribution in [0.15, 0.2) is 0 Å². The smallest absolute Gasteiger partial charge is 0.0241 e. The number of unbranched alkanes of at least 4 members (excludes halogenated alkanes) is 1. The van der Waals surface area contributed by atoms with Crippen LogP contribution in [0.5, 0.6) is 0 Å². The largest absolute Gasteiger partial charge is 0.0654 e. The highest BCUT2D eigenvalue weighted by molar-refractivity contribution is 5.01. The van der Waals surface area contributed by atoms with E-state index < -0.39 is 0 Å². The van der Waals surface area contributed by atoms with E-state index in [0.717, 1.165) is 10.8 Å². The van der Waals surface area contributed by atoms with Crippen molar-refractivity contribution in [2.45, 2.75) is 97.3 Å². The topological polar surface area (TPSA) is 0 Å². The molecule has 0 atom stereocenters. The third-order valence-corrected chi connectivity index (χ3v) is 6.18. The van der Waals surface area contributed by atoms with E-state index in [1.54, 1.807) is 25.7 Å². The molecule has 0 aromatic heterocycles. The average molecular weight is 236 g/mol. The summed E-state index contributed by atoms with van der Waals surface area (Å²) in [6.45, 7) is 4.85. The predicted octanol–water partition coefficient (Wildman–Crippen LogP) is 6.10. The van der Waals surface area contributed by atoms with E-state index in [1.165, 1.54) is 57.8 Å². The third kappa shape index (κ3) is 2.42. The van der Waals surface area contributed by atoms with Gasteiger partial charge in [-0.2, -0.15) is 0 Å². The van der Waals surface area contributed by atoms with Crippen LogP contribution in [-0.2, 0) is 0 Å². The quantitative estimate of drug-likeness (QED) is 0.541. The van der Waals surface area contributed by atoms with E-state index in [9.17, 15) is 0 Å². The van der Waals surface area contributed by atoms with Crippen LogP contribution in [0, 0.1) is 10.8 Å². The van der Waals surface area contributed by atoms with Crippen molar-refractivity contribution >= 4 is 0 Å². The summed E-state index contributed by atoms with van der Waals surface area (Å²) >= 11 is 0. The molecule has 17 heavy (non-hydrogen) atoms. The lowest BCUT2D eigenvalue weighted by Crippen LogP contribution is -2.41. The Kier molecular flexibility index (Phi) is 4.55. The first-order valence-corrected chi connectivity index (χ1v) is 8.29. The summed E-state index contributed by atoms with van der Waals surface area (Å²) < 4.78 is 0. The molecule has 0 unspecified atom stereocenters. The van der Waals surface area contributed by atoms with Crippen molar-refractivity contribution in [3.8, 4) is 0 Å². The molecular weight excluding hydrogens is 204 g/mol.